The van der Waals surface area contributed by atoms with E-state index in [-0.39, 0.29) is 29.7 Å². The van der Waals surface area contributed by atoms with Crippen LogP contribution in [0.25, 0.3) is 11.5 Å². The molecule has 1 fully saturated rings. The molecule has 1 atom stereocenters. The molecule has 2 aromatic rings. The number of methoxy groups -OCH3 is 1. The van der Waals surface area contributed by atoms with Gasteiger partial charge in [-0.1, -0.05) is 13.8 Å². The topological polar surface area (TPSA) is 55.6 Å². The molecule has 5 nitrogen and oxygen atoms in total. The fourth-order valence-electron chi connectivity index (χ4n) is 3.37. The van der Waals surface area contributed by atoms with E-state index in [1.165, 1.54) is 18.4 Å². The molecule has 3 rings (SSSR count). The van der Waals surface area contributed by atoms with Gasteiger partial charge in [0.05, 0.1) is 18.2 Å². The molecular weight excluding hydrogens is 323 g/mol. The fraction of sp³-hybridized carbons (Fsp3) is 0.474. The van der Waals surface area contributed by atoms with Crippen molar-refractivity contribution in [3.05, 3.63) is 42.0 Å². The van der Waals surface area contributed by atoms with Crippen LogP contribution in [-0.4, -0.2) is 42.1 Å². The zero-order valence-corrected chi connectivity index (χ0v) is 14.8. The van der Waals surface area contributed by atoms with Gasteiger partial charge in [-0.3, -0.25) is 4.79 Å². The number of piperidine rings is 1. The van der Waals surface area contributed by atoms with Crippen molar-refractivity contribution in [3.8, 4) is 11.5 Å². The number of carbonyl (C=O) groups excluding carboxylic acids is 1. The summed E-state index contributed by atoms with van der Waals surface area (Å²) in [6.07, 6.45) is 2.67. The summed E-state index contributed by atoms with van der Waals surface area (Å²) in [4.78, 5) is 18.8. The molecule has 0 N–H and O–H groups in total. The number of benzene rings is 1. The molecule has 2 heterocycles. The van der Waals surface area contributed by atoms with Gasteiger partial charge in [-0.2, -0.15) is 0 Å². The first-order valence-electron chi connectivity index (χ1n) is 8.40. The summed E-state index contributed by atoms with van der Waals surface area (Å²) in [6.45, 7) is 5.57. The summed E-state index contributed by atoms with van der Waals surface area (Å²) in [6, 6.07) is 5.91. The van der Waals surface area contributed by atoms with Gasteiger partial charge in [0, 0.05) is 31.2 Å². The maximum Gasteiger partial charge on any atom is 0.228 e. The van der Waals surface area contributed by atoms with E-state index in [0.717, 1.165) is 6.42 Å². The van der Waals surface area contributed by atoms with E-state index in [9.17, 15) is 9.18 Å². The summed E-state index contributed by atoms with van der Waals surface area (Å²) in [5.74, 6) is 0.107. The molecule has 25 heavy (non-hydrogen) atoms. The number of aromatic nitrogens is 1. The number of likely N-dealkylation sites (tertiary alicyclic amines) is 1. The SMILES string of the molecule is COC1CCN(C(=O)Cc2coc(-c3ccc(F)cc3)n2)CC1(C)C. The number of hydrogen-bond acceptors (Lipinski definition) is 4. The number of hydrogen-bond donors (Lipinski definition) is 0. The molecule has 1 amide bonds. The highest BCUT2D eigenvalue weighted by atomic mass is 19.1. The second-order valence-corrected chi connectivity index (χ2v) is 7.14. The molecule has 134 valence electrons. The van der Waals surface area contributed by atoms with Crippen molar-refractivity contribution in [1.82, 2.24) is 9.88 Å². The van der Waals surface area contributed by atoms with E-state index in [4.69, 9.17) is 9.15 Å². The normalized spacial score (nSPS) is 19.8. The van der Waals surface area contributed by atoms with Gasteiger partial charge in [0.25, 0.3) is 0 Å². The molecule has 0 aliphatic carbocycles. The maximum atomic E-state index is 13.0. The lowest BCUT2D eigenvalue weighted by molar-refractivity contribution is -0.138. The van der Waals surface area contributed by atoms with E-state index in [1.807, 2.05) is 4.90 Å². The number of amides is 1. The molecular formula is C19H23FN2O3. The highest BCUT2D eigenvalue weighted by Crippen LogP contribution is 2.31. The summed E-state index contributed by atoms with van der Waals surface area (Å²) < 4.78 is 23.9. The standard InChI is InChI=1S/C19H23FN2O3/c1-19(2)12-22(9-8-16(19)24-3)17(23)10-15-11-25-18(21-15)13-4-6-14(20)7-5-13/h4-7,11,16H,8-10,12H2,1-3H3. The zero-order chi connectivity index (χ0) is 18.0. The summed E-state index contributed by atoms with van der Waals surface area (Å²) >= 11 is 0. The number of ether oxygens (including phenoxy) is 1. The number of carbonyl (C=O) groups is 1. The Hall–Kier alpha value is -2.21. The highest BCUT2D eigenvalue weighted by molar-refractivity contribution is 5.78. The highest BCUT2D eigenvalue weighted by Gasteiger charge is 2.37. The Bertz CT molecular complexity index is 739. The summed E-state index contributed by atoms with van der Waals surface area (Å²) in [5, 5.41) is 0. The lowest BCUT2D eigenvalue weighted by Crippen LogP contribution is -2.51. The zero-order valence-electron chi connectivity index (χ0n) is 14.8. The van der Waals surface area contributed by atoms with Crippen LogP contribution in [0.15, 0.2) is 34.9 Å². The van der Waals surface area contributed by atoms with Crippen molar-refractivity contribution in [2.75, 3.05) is 20.2 Å². The minimum absolute atomic E-state index is 0.0292. The smallest absolute Gasteiger partial charge is 0.228 e. The van der Waals surface area contributed by atoms with Crippen LogP contribution in [0.4, 0.5) is 4.39 Å². The molecule has 0 radical (unpaired) electrons. The predicted octanol–water partition coefficient (Wildman–Crippen LogP) is 3.30. The number of halogens is 1. The average Bonchev–Trinajstić information content (AvgIpc) is 3.03. The van der Waals surface area contributed by atoms with Crippen LogP contribution in [0.5, 0.6) is 0 Å². The molecule has 1 unspecified atom stereocenters. The minimum atomic E-state index is -0.312. The first-order chi connectivity index (χ1) is 11.9. The van der Waals surface area contributed by atoms with E-state index in [0.29, 0.717) is 30.2 Å². The largest absolute Gasteiger partial charge is 0.444 e. The molecule has 1 aromatic carbocycles. The summed E-state index contributed by atoms with van der Waals surface area (Å²) in [7, 11) is 1.72. The molecule has 0 saturated carbocycles. The third kappa shape index (κ3) is 3.90. The van der Waals surface area contributed by atoms with E-state index < -0.39 is 0 Å². The first-order valence-corrected chi connectivity index (χ1v) is 8.40. The lowest BCUT2D eigenvalue weighted by atomic mass is 9.81. The molecule has 1 saturated heterocycles. The third-order valence-corrected chi connectivity index (χ3v) is 4.74. The van der Waals surface area contributed by atoms with Crippen LogP contribution in [0.3, 0.4) is 0 Å². The first kappa shape index (κ1) is 17.6. The molecule has 1 aliphatic heterocycles. The fourth-order valence-corrected chi connectivity index (χ4v) is 3.37. The number of rotatable bonds is 4. The van der Waals surface area contributed by atoms with Crippen molar-refractivity contribution >= 4 is 5.91 Å². The van der Waals surface area contributed by atoms with Crippen molar-refractivity contribution in [3.63, 3.8) is 0 Å². The summed E-state index contributed by atoms with van der Waals surface area (Å²) in [5.41, 5.74) is 1.18. The Balaban J connectivity index is 1.65. The van der Waals surface area contributed by atoms with Crippen LogP contribution in [-0.2, 0) is 16.0 Å². The predicted molar refractivity (Wildman–Crippen MR) is 91.4 cm³/mol. The molecule has 0 spiro atoms. The van der Waals surface area contributed by atoms with Crippen molar-refractivity contribution < 1.29 is 18.3 Å². The van der Waals surface area contributed by atoms with Gasteiger partial charge in [0.2, 0.25) is 11.8 Å². The van der Waals surface area contributed by atoms with Crippen LogP contribution < -0.4 is 0 Å². The lowest BCUT2D eigenvalue weighted by Gasteiger charge is -2.43. The molecule has 1 aromatic heterocycles. The molecule has 6 heteroatoms. The van der Waals surface area contributed by atoms with Gasteiger partial charge in [0.15, 0.2) is 0 Å². The van der Waals surface area contributed by atoms with E-state index in [1.54, 1.807) is 19.2 Å². The minimum Gasteiger partial charge on any atom is -0.444 e. The number of nitrogens with zero attached hydrogens (tertiary/aromatic N) is 2. The van der Waals surface area contributed by atoms with Gasteiger partial charge in [-0.05, 0) is 30.7 Å². The van der Waals surface area contributed by atoms with Gasteiger partial charge < -0.3 is 14.1 Å². The van der Waals surface area contributed by atoms with E-state index in [2.05, 4.69) is 18.8 Å². The Kier molecular flexibility index (Phi) is 4.90. The van der Waals surface area contributed by atoms with Crippen LogP contribution in [0.1, 0.15) is 26.0 Å². The maximum absolute atomic E-state index is 13.0. The average molecular weight is 346 g/mol. The van der Waals surface area contributed by atoms with Gasteiger partial charge in [-0.15, -0.1) is 0 Å². The number of oxazole rings is 1. The van der Waals surface area contributed by atoms with Gasteiger partial charge >= 0.3 is 0 Å². The van der Waals surface area contributed by atoms with Crippen molar-refractivity contribution in [2.45, 2.75) is 32.8 Å². The second kappa shape index (κ2) is 6.96. The van der Waals surface area contributed by atoms with Crippen LogP contribution >= 0.6 is 0 Å². The van der Waals surface area contributed by atoms with Crippen molar-refractivity contribution in [1.29, 1.82) is 0 Å². The van der Waals surface area contributed by atoms with Gasteiger partial charge in [0.1, 0.15) is 12.1 Å². The second-order valence-electron chi connectivity index (χ2n) is 7.14. The van der Waals surface area contributed by atoms with Crippen molar-refractivity contribution in [2.24, 2.45) is 5.41 Å². The Labute approximate surface area is 146 Å². The monoisotopic (exact) mass is 346 g/mol. The molecule has 0 bridgehead atoms. The van der Waals surface area contributed by atoms with Crippen LogP contribution in [0.2, 0.25) is 0 Å². The Morgan fingerprint density at radius 1 is 1.40 bits per heavy atom. The quantitative estimate of drug-likeness (QED) is 0.852. The third-order valence-electron chi connectivity index (χ3n) is 4.74. The van der Waals surface area contributed by atoms with Gasteiger partial charge in [-0.25, -0.2) is 9.37 Å². The Morgan fingerprint density at radius 2 is 2.12 bits per heavy atom. The Morgan fingerprint density at radius 3 is 2.76 bits per heavy atom. The molecule has 1 aliphatic rings. The van der Waals surface area contributed by atoms with E-state index >= 15 is 0 Å². The van der Waals surface area contributed by atoms with Crippen LogP contribution in [0, 0.1) is 11.2 Å².